The number of nitrogens with zero attached hydrogens (tertiary/aromatic N) is 3. The van der Waals surface area contributed by atoms with Crippen molar-refractivity contribution in [3.63, 3.8) is 0 Å². The van der Waals surface area contributed by atoms with Gasteiger partial charge in [0.05, 0.1) is 10.7 Å². The normalized spacial score (nSPS) is 10.8. The molecule has 152 valence electrons. The van der Waals surface area contributed by atoms with E-state index in [0.717, 1.165) is 28.2 Å². The predicted molar refractivity (Wildman–Crippen MR) is 117 cm³/mol. The predicted octanol–water partition coefficient (Wildman–Crippen LogP) is 4.46. The second kappa shape index (κ2) is 9.45. The number of rotatable bonds is 8. The molecule has 0 aliphatic rings. The highest BCUT2D eigenvalue weighted by molar-refractivity contribution is 7.09. The summed E-state index contributed by atoms with van der Waals surface area (Å²) in [5, 5.41) is 10.1. The number of benzene rings is 2. The van der Waals surface area contributed by atoms with Crippen LogP contribution in [0, 0.1) is 6.92 Å². The Kier molecular flexibility index (Phi) is 6.29. The number of nitrogens with one attached hydrogen (secondary N) is 1. The third-order valence-corrected chi connectivity index (χ3v) is 5.44. The Hall–Kier alpha value is -3.32. The minimum absolute atomic E-state index is 0.0240. The van der Waals surface area contributed by atoms with E-state index >= 15 is 0 Å². The summed E-state index contributed by atoms with van der Waals surface area (Å²) in [7, 11) is 0. The van der Waals surface area contributed by atoms with E-state index in [1.54, 1.807) is 11.3 Å². The number of carbonyl (C=O) groups excluding carboxylic acids is 1. The summed E-state index contributed by atoms with van der Waals surface area (Å²) in [5.74, 6) is 0.989. The molecule has 0 saturated heterocycles. The number of thiazole rings is 1. The molecule has 7 heteroatoms. The molecule has 6 nitrogen and oxygen atoms in total. The Morgan fingerprint density at radius 2 is 1.80 bits per heavy atom. The quantitative estimate of drug-likeness (QED) is 0.457. The summed E-state index contributed by atoms with van der Waals surface area (Å²) in [4.78, 5) is 21.0. The molecule has 0 radical (unpaired) electrons. The highest BCUT2D eigenvalue weighted by Gasteiger charge is 2.10. The molecule has 2 aromatic heterocycles. The van der Waals surface area contributed by atoms with Gasteiger partial charge in [-0.15, -0.1) is 11.3 Å². The lowest BCUT2D eigenvalue weighted by molar-refractivity contribution is -0.121. The lowest BCUT2D eigenvalue weighted by Gasteiger charge is -2.05. The second-order valence-electron chi connectivity index (χ2n) is 6.93. The van der Waals surface area contributed by atoms with Crippen molar-refractivity contribution < 1.29 is 9.32 Å². The van der Waals surface area contributed by atoms with E-state index in [1.807, 2.05) is 37.3 Å². The van der Waals surface area contributed by atoms with E-state index < -0.39 is 0 Å². The Bertz CT molecular complexity index is 1100. The smallest absolute Gasteiger partial charge is 0.227 e. The molecule has 1 N–H and O–H groups in total. The van der Waals surface area contributed by atoms with Gasteiger partial charge in [0.15, 0.2) is 0 Å². The molecule has 1 amide bonds. The van der Waals surface area contributed by atoms with E-state index in [9.17, 15) is 4.79 Å². The van der Waals surface area contributed by atoms with Crippen molar-refractivity contribution >= 4 is 17.2 Å². The zero-order valence-corrected chi connectivity index (χ0v) is 17.5. The SMILES string of the molecule is Cc1nc(-c2ccc(CCNC(=O)CCc3nc(-c4ccccc4)no3)cc2)cs1. The first kappa shape index (κ1) is 20.0. The maximum absolute atomic E-state index is 12.1. The first-order chi connectivity index (χ1) is 14.7. The van der Waals surface area contributed by atoms with Crippen LogP contribution in [0.25, 0.3) is 22.6 Å². The number of aromatic nitrogens is 3. The molecule has 0 aliphatic heterocycles. The van der Waals surface area contributed by atoms with Crippen LogP contribution in [0.15, 0.2) is 64.5 Å². The van der Waals surface area contributed by atoms with Gasteiger partial charge >= 0.3 is 0 Å². The van der Waals surface area contributed by atoms with Crippen molar-refractivity contribution in [1.29, 1.82) is 0 Å². The molecule has 4 rings (SSSR count). The first-order valence-corrected chi connectivity index (χ1v) is 10.7. The van der Waals surface area contributed by atoms with E-state index in [1.165, 1.54) is 5.56 Å². The van der Waals surface area contributed by atoms with Gasteiger partial charge in [-0.2, -0.15) is 4.98 Å². The molecule has 4 aromatic rings. The molecule has 0 bridgehead atoms. The molecule has 2 aromatic carbocycles. The fraction of sp³-hybridized carbons (Fsp3) is 0.217. The van der Waals surface area contributed by atoms with Crippen LogP contribution in [-0.4, -0.2) is 27.6 Å². The van der Waals surface area contributed by atoms with Crippen molar-refractivity contribution in [3.05, 3.63) is 76.4 Å². The Labute approximate surface area is 179 Å². The fourth-order valence-electron chi connectivity index (χ4n) is 3.05. The van der Waals surface area contributed by atoms with Crippen molar-refractivity contribution in [2.45, 2.75) is 26.2 Å². The summed E-state index contributed by atoms with van der Waals surface area (Å²) in [6, 6.07) is 17.9. The summed E-state index contributed by atoms with van der Waals surface area (Å²) in [6.45, 7) is 2.60. The minimum Gasteiger partial charge on any atom is -0.356 e. The van der Waals surface area contributed by atoms with E-state index in [2.05, 4.69) is 50.1 Å². The van der Waals surface area contributed by atoms with Gasteiger partial charge < -0.3 is 9.84 Å². The Morgan fingerprint density at radius 3 is 2.53 bits per heavy atom. The number of carbonyl (C=O) groups is 1. The third-order valence-electron chi connectivity index (χ3n) is 4.67. The average Bonchev–Trinajstić information content (AvgIpc) is 3.43. The summed E-state index contributed by atoms with van der Waals surface area (Å²) >= 11 is 1.65. The standard InChI is InChI=1S/C23H22N4O2S/c1-16-25-20(15-30-16)18-9-7-17(8-10-18)13-14-24-21(28)11-12-22-26-23(27-29-22)19-5-3-2-4-6-19/h2-10,15H,11-14H2,1H3,(H,24,28). The van der Waals surface area contributed by atoms with Crippen molar-refractivity contribution in [1.82, 2.24) is 20.4 Å². The van der Waals surface area contributed by atoms with Crippen LogP contribution < -0.4 is 5.32 Å². The molecule has 0 fully saturated rings. The Balaban J connectivity index is 1.20. The van der Waals surface area contributed by atoms with Gasteiger partial charge in [0.25, 0.3) is 0 Å². The van der Waals surface area contributed by atoms with E-state index in [4.69, 9.17) is 4.52 Å². The number of amides is 1. The van der Waals surface area contributed by atoms with Crippen molar-refractivity contribution in [2.24, 2.45) is 0 Å². The van der Waals surface area contributed by atoms with E-state index in [-0.39, 0.29) is 5.91 Å². The Morgan fingerprint density at radius 1 is 1.00 bits per heavy atom. The third kappa shape index (κ3) is 5.18. The number of hydrogen-bond donors (Lipinski definition) is 1. The lowest BCUT2D eigenvalue weighted by atomic mass is 10.1. The zero-order chi connectivity index (χ0) is 20.8. The molecule has 0 atom stereocenters. The largest absolute Gasteiger partial charge is 0.356 e. The van der Waals surface area contributed by atoms with Gasteiger partial charge in [0, 0.05) is 35.9 Å². The van der Waals surface area contributed by atoms with Crippen LogP contribution >= 0.6 is 11.3 Å². The van der Waals surface area contributed by atoms with Gasteiger partial charge in [0.2, 0.25) is 17.6 Å². The molecule has 0 spiro atoms. The van der Waals surface area contributed by atoms with Gasteiger partial charge in [-0.1, -0.05) is 59.8 Å². The molecule has 0 saturated carbocycles. The molecular formula is C23H22N4O2S. The fourth-order valence-corrected chi connectivity index (χ4v) is 3.68. The molecule has 2 heterocycles. The van der Waals surface area contributed by atoms with E-state index in [0.29, 0.717) is 31.1 Å². The zero-order valence-electron chi connectivity index (χ0n) is 16.7. The highest BCUT2D eigenvalue weighted by Crippen LogP contribution is 2.22. The van der Waals surface area contributed by atoms with Gasteiger partial charge in [-0.05, 0) is 18.9 Å². The van der Waals surface area contributed by atoms with Crippen LogP contribution in [0.5, 0.6) is 0 Å². The molecule has 0 aliphatic carbocycles. The highest BCUT2D eigenvalue weighted by atomic mass is 32.1. The van der Waals surface area contributed by atoms with Crippen LogP contribution in [-0.2, 0) is 17.6 Å². The topological polar surface area (TPSA) is 80.9 Å². The monoisotopic (exact) mass is 418 g/mol. The number of aryl methyl sites for hydroxylation is 2. The number of hydrogen-bond acceptors (Lipinski definition) is 6. The van der Waals surface area contributed by atoms with Gasteiger partial charge in [-0.25, -0.2) is 4.98 Å². The van der Waals surface area contributed by atoms with Crippen LogP contribution in [0.1, 0.15) is 22.9 Å². The van der Waals surface area contributed by atoms with Crippen LogP contribution in [0.2, 0.25) is 0 Å². The maximum Gasteiger partial charge on any atom is 0.227 e. The van der Waals surface area contributed by atoms with Crippen molar-refractivity contribution in [3.8, 4) is 22.6 Å². The second-order valence-corrected chi connectivity index (χ2v) is 7.99. The van der Waals surface area contributed by atoms with Gasteiger partial charge in [-0.3, -0.25) is 4.79 Å². The van der Waals surface area contributed by atoms with Gasteiger partial charge in [0.1, 0.15) is 0 Å². The molecule has 0 unspecified atom stereocenters. The maximum atomic E-state index is 12.1. The first-order valence-electron chi connectivity index (χ1n) is 9.83. The molecular weight excluding hydrogens is 396 g/mol. The average molecular weight is 419 g/mol. The minimum atomic E-state index is -0.0240. The van der Waals surface area contributed by atoms with Crippen molar-refractivity contribution in [2.75, 3.05) is 6.54 Å². The summed E-state index contributed by atoms with van der Waals surface area (Å²) in [5.41, 5.74) is 4.19. The van der Waals surface area contributed by atoms with Crippen LogP contribution in [0.3, 0.4) is 0 Å². The summed E-state index contributed by atoms with van der Waals surface area (Å²) in [6.07, 6.45) is 1.52. The van der Waals surface area contributed by atoms with Crippen LogP contribution in [0.4, 0.5) is 0 Å². The molecule has 30 heavy (non-hydrogen) atoms. The summed E-state index contributed by atoms with van der Waals surface area (Å²) < 4.78 is 5.25. The lowest BCUT2D eigenvalue weighted by Crippen LogP contribution is -2.25.